The van der Waals surface area contributed by atoms with E-state index >= 15 is 0 Å². The molecule has 0 saturated carbocycles. The molecule has 0 aromatic rings. The van der Waals surface area contributed by atoms with Gasteiger partial charge in [-0.2, -0.15) is 0 Å². The molecule has 0 saturated heterocycles. The Hall–Kier alpha value is -1.58. The summed E-state index contributed by atoms with van der Waals surface area (Å²) in [6.45, 7) is 5.50. The van der Waals surface area contributed by atoms with Crippen LogP contribution in [-0.2, 0) is 9.59 Å². The first-order chi connectivity index (χ1) is 16.7. The van der Waals surface area contributed by atoms with Crippen molar-refractivity contribution in [3.8, 4) is 0 Å². The number of hydrogen-bond donors (Lipinski definition) is 2. The summed E-state index contributed by atoms with van der Waals surface area (Å²) in [5.74, 6) is 0.117. The molecule has 0 unspecified atom stereocenters. The van der Waals surface area contributed by atoms with E-state index < -0.39 is 0 Å². The van der Waals surface area contributed by atoms with Gasteiger partial charge in [0.2, 0.25) is 11.8 Å². The van der Waals surface area contributed by atoms with Crippen molar-refractivity contribution in [3.63, 3.8) is 0 Å². The first kappa shape index (κ1) is 32.4. The fraction of sp³-hybridized carbons (Fsp3) is 0.800. The average molecular weight is 477 g/mol. The zero-order chi connectivity index (χ0) is 25.0. The average Bonchev–Trinajstić information content (AvgIpc) is 2.83. The van der Waals surface area contributed by atoms with E-state index in [1.807, 2.05) is 0 Å². The summed E-state index contributed by atoms with van der Waals surface area (Å²) in [6.07, 6.45) is 32.2. The Balaban J connectivity index is 3.42. The van der Waals surface area contributed by atoms with Crippen LogP contribution in [0.5, 0.6) is 0 Å². The van der Waals surface area contributed by atoms with Crippen LogP contribution in [0.15, 0.2) is 24.3 Å². The van der Waals surface area contributed by atoms with Gasteiger partial charge < -0.3 is 10.6 Å². The second-order valence-corrected chi connectivity index (χ2v) is 9.54. The lowest BCUT2D eigenvalue weighted by Gasteiger charge is -2.06. The number of allylic oxidation sites excluding steroid dienone is 4. The van der Waals surface area contributed by atoms with Crippen LogP contribution in [0.25, 0.3) is 0 Å². The Morgan fingerprint density at radius 2 is 0.794 bits per heavy atom. The molecule has 0 spiro atoms. The van der Waals surface area contributed by atoms with E-state index in [0.29, 0.717) is 25.9 Å². The van der Waals surface area contributed by atoms with Crippen LogP contribution in [0.4, 0.5) is 0 Å². The smallest absolute Gasteiger partial charge is 0.220 e. The third-order valence-electron chi connectivity index (χ3n) is 6.13. The van der Waals surface area contributed by atoms with Crippen LogP contribution < -0.4 is 10.6 Å². The van der Waals surface area contributed by atoms with E-state index in [1.54, 1.807) is 0 Å². The van der Waals surface area contributed by atoms with Crippen LogP contribution in [-0.4, -0.2) is 24.9 Å². The van der Waals surface area contributed by atoms with E-state index in [9.17, 15) is 9.59 Å². The molecule has 4 heteroatoms. The maximum atomic E-state index is 11.9. The van der Waals surface area contributed by atoms with Crippen LogP contribution in [0, 0.1) is 0 Å². The molecule has 2 amide bonds. The Morgan fingerprint density at radius 3 is 1.18 bits per heavy atom. The number of rotatable bonds is 25. The summed E-state index contributed by atoms with van der Waals surface area (Å²) < 4.78 is 0. The van der Waals surface area contributed by atoms with Gasteiger partial charge in [0.05, 0.1) is 0 Å². The van der Waals surface area contributed by atoms with Gasteiger partial charge >= 0.3 is 0 Å². The van der Waals surface area contributed by atoms with Crippen molar-refractivity contribution in [3.05, 3.63) is 24.3 Å². The number of carbonyl (C=O) groups excluding carboxylic acids is 2. The molecule has 0 heterocycles. The lowest BCUT2D eigenvalue weighted by atomic mass is 10.1. The minimum absolute atomic E-state index is 0.0584. The second-order valence-electron chi connectivity index (χ2n) is 9.54. The van der Waals surface area contributed by atoms with E-state index in [2.05, 4.69) is 48.8 Å². The highest BCUT2D eigenvalue weighted by atomic mass is 16.2. The minimum Gasteiger partial charge on any atom is -0.354 e. The van der Waals surface area contributed by atoms with Gasteiger partial charge in [-0.05, 0) is 38.5 Å². The largest absolute Gasteiger partial charge is 0.354 e. The molecule has 0 aliphatic carbocycles. The van der Waals surface area contributed by atoms with Crippen molar-refractivity contribution < 1.29 is 9.59 Å². The highest BCUT2D eigenvalue weighted by Gasteiger charge is 2.01. The van der Waals surface area contributed by atoms with E-state index in [-0.39, 0.29) is 11.8 Å². The molecule has 0 aliphatic rings. The molecule has 0 atom stereocenters. The summed E-state index contributed by atoms with van der Waals surface area (Å²) in [5, 5.41) is 5.77. The van der Waals surface area contributed by atoms with Gasteiger partial charge in [-0.1, -0.05) is 115 Å². The Labute approximate surface area is 211 Å². The topological polar surface area (TPSA) is 58.2 Å². The molecule has 0 aliphatic heterocycles. The number of hydrogen-bond acceptors (Lipinski definition) is 2. The van der Waals surface area contributed by atoms with Crippen LogP contribution in [0.1, 0.15) is 142 Å². The van der Waals surface area contributed by atoms with Crippen molar-refractivity contribution in [2.45, 2.75) is 142 Å². The van der Waals surface area contributed by atoms with Crippen LogP contribution in [0.3, 0.4) is 0 Å². The summed E-state index contributed by atoms with van der Waals surface area (Å²) >= 11 is 0. The maximum absolute atomic E-state index is 11.9. The van der Waals surface area contributed by atoms with Crippen LogP contribution in [0.2, 0.25) is 0 Å². The molecule has 0 rings (SSSR count). The minimum atomic E-state index is 0.0584. The van der Waals surface area contributed by atoms with Gasteiger partial charge in [0.25, 0.3) is 0 Å². The zero-order valence-corrected chi connectivity index (χ0v) is 22.7. The normalized spacial score (nSPS) is 11.5. The van der Waals surface area contributed by atoms with E-state index in [0.717, 1.165) is 25.7 Å². The molecular formula is C30H56N2O2. The molecule has 198 valence electrons. The maximum Gasteiger partial charge on any atom is 0.220 e. The molecule has 0 bridgehead atoms. The monoisotopic (exact) mass is 476 g/mol. The highest BCUT2D eigenvalue weighted by Crippen LogP contribution is 2.10. The summed E-state index contributed by atoms with van der Waals surface area (Å²) in [4.78, 5) is 23.7. The number of carbonyl (C=O) groups is 2. The highest BCUT2D eigenvalue weighted by molar-refractivity contribution is 5.77. The Bertz CT molecular complexity index is 468. The summed E-state index contributed by atoms with van der Waals surface area (Å²) in [7, 11) is 0. The summed E-state index contributed by atoms with van der Waals surface area (Å²) in [5.41, 5.74) is 0. The quantitative estimate of drug-likeness (QED) is 0.103. The fourth-order valence-corrected chi connectivity index (χ4v) is 3.92. The summed E-state index contributed by atoms with van der Waals surface area (Å²) in [6, 6.07) is 0. The van der Waals surface area contributed by atoms with Crippen molar-refractivity contribution in [1.29, 1.82) is 0 Å². The van der Waals surface area contributed by atoms with Crippen LogP contribution >= 0.6 is 0 Å². The fourth-order valence-electron chi connectivity index (χ4n) is 3.92. The molecule has 0 fully saturated rings. The van der Waals surface area contributed by atoms with Crippen molar-refractivity contribution in [1.82, 2.24) is 10.6 Å². The van der Waals surface area contributed by atoms with Gasteiger partial charge in [-0.15, -0.1) is 0 Å². The van der Waals surface area contributed by atoms with Gasteiger partial charge in [-0.25, -0.2) is 0 Å². The number of unbranched alkanes of at least 4 members (excludes halogenated alkanes) is 14. The van der Waals surface area contributed by atoms with Gasteiger partial charge in [0.1, 0.15) is 0 Å². The first-order valence-corrected chi connectivity index (χ1v) is 14.5. The predicted octanol–water partition coefficient (Wildman–Crippen LogP) is 8.17. The van der Waals surface area contributed by atoms with Gasteiger partial charge in [0.15, 0.2) is 0 Å². The standard InChI is InChI=1S/C30H56N2O2/c1-3-5-7-9-11-13-15-17-19-21-23-25-29(33)31-27-28-32-30(34)26-24-22-20-18-16-14-12-10-8-6-4-2/h19-22H,3-18,23-28H2,1-2H3,(H,31,33)(H,32,34). The molecule has 4 nitrogen and oxygen atoms in total. The molecule has 0 radical (unpaired) electrons. The lowest BCUT2D eigenvalue weighted by molar-refractivity contribution is -0.122. The molecule has 34 heavy (non-hydrogen) atoms. The predicted molar refractivity (Wildman–Crippen MR) is 148 cm³/mol. The van der Waals surface area contributed by atoms with Gasteiger partial charge in [0, 0.05) is 25.9 Å². The van der Waals surface area contributed by atoms with Crippen molar-refractivity contribution in [2.75, 3.05) is 13.1 Å². The zero-order valence-electron chi connectivity index (χ0n) is 22.7. The van der Waals surface area contributed by atoms with E-state index in [4.69, 9.17) is 0 Å². The lowest BCUT2D eigenvalue weighted by Crippen LogP contribution is -2.34. The SMILES string of the molecule is CCCCCCCCCC=CCCC(=O)NCCNC(=O)CCC=CCCCCCCCCC. The van der Waals surface area contributed by atoms with Crippen molar-refractivity contribution >= 4 is 11.8 Å². The molecule has 0 aromatic heterocycles. The third kappa shape index (κ3) is 26.7. The number of nitrogens with one attached hydrogen (secondary N) is 2. The molecule has 0 aromatic carbocycles. The molecular weight excluding hydrogens is 420 g/mol. The van der Waals surface area contributed by atoms with Crippen molar-refractivity contribution in [2.24, 2.45) is 0 Å². The second kappa shape index (κ2) is 27.7. The van der Waals surface area contributed by atoms with E-state index in [1.165, 1.54) is 89.9 Å². The third-order valence-corrected chi connectivity index (χ3v) is 6.13. The number of amides is 2. The molecule has 2 N–H and O–H groups in total. The van der Waals surface area contributed by atoms with Gasteiger partial charge in [-0.3, -0.25) is 9.59 Å². The Morgan fingerprint density at radius 1 is 0.471 bits per heavy atom. The first-order valence-electron chi connectivity index (χ1n) is 14.5. The Kier molecular flexibility index (Phi) is 26.4.